The minimum atomic E-state index is -0.0804. The number of phenolic OH excluding ortho intramolecular Hbond substituents is 1. The highest BCUT2D eigenvalue weighted by Gasteiger charge is 2.21. The third-order valence-electron chi connectivity index (χ3n) is 7.10. The van der Waals surface area contributed by atoms with Crippen molar-refractivity contribution in [2.24, 2.45) is 0 Å². The number of thiophene rings is 2. The second-order valence-corrected chi connectivity index (χ2v) is 11.6. The summed E-state index contributed by atoms with van der Waals surface area (Å²) in [6, 6.07) is 23.7. The minimum absolute atomic E-state index is 0.0804. The van der Waals surface area contributed by atoms with Gasteiger partial charge in [0.2, 0.25) is 0 Å². The summed E-state index contributed by atoms with van der Waals surface area (Å²) in [5.74, 6) is 2.12. The molecule has 0 aliphatic heterocycles. The van der Waals surface area contributed by atoms with E-state index in [9.17, 15) is 9.90 Å². The van der Waals surface area contributed by atoms with E-state index in [4.69, 9.17) is 14.5 Å². The van der Waals surface area contributed by atoms with Crippen molar-refractivity contribution in [1.29, 1.82) is 0 Å². The molecule has 0 amide bonds. The largest absolute Gasteiger partial charge is 0.506 e. The lowest BCUT2D eigenvalue weighted by atomic mass is 10.00. The predicted octanol–water partition coefficient (Wildman–Crippen LogP) is 6.82. The number of fused-ring (bicyclic) bond motifs is 3. The molecule has 0 radical (unpaired) electrons. The molecule has 3 aromatic heterocycles. The normalized spacial score (nSPS) is 11.3. The molecule has 0 aliphatic rings. The Balaban J connectivity index is 1.52. The van der Waals surface area contributed by atoms with Crippen LogP contribution >= 0.6 is 22.7 Å². The molecule has 0 saturated carbocycles. The molecular weight excluding hydrogens is 540 g/mol. The molecule has 0 unspecified atom stereocenters. The van der Waals surface area contributed by atoms with Crippen molar-refractivity contribution in [3.8, 4) is 17.2 Å². The first kappa shape index (κ1) is 26.1. The van der Waals surface area contributed by atoms with E-state index < -0.39 is 0 Å². The first-order valence-corrected chi connectivity index (χ1v) is 14.7. The molecule has 3 heterocycles. The van der Waals surface area contributed by atoms with Crippen LogP contribution in [0.1, 0.15) is 27.4 Å². The van der Waals surface area contributed by atoms with Gasteiger partial charge >= 0.3 is 0 Å². The summed E-state index contributed by atoms with van der Waals surface area (Å²) in [4.78, 5) is 21.2. The van der Waals surface area contributed by atoms with Gasteiger partial charge in [0.1, 0.15) is 16.4 Å². The summed E-state index contributed by atoms with van der Waals surface area (Å²) < 4.78 is 13.4. The molecule has 0 aliphatic carbocycles. The molecule has 0 bridgehead atoms. The fourth-order valence-corrected chi connectivity index (χ4v) is 6.97. The molecule has 0 spiro atoms. The highest BCUT2D eigenvalue weighted by atomic mass is 32.1. The first-order chi connectivity index (χ1) is 19.6. The second kappa shape index (κ2) is 11.2. The maximum absolute atomic E-state index is 14.3. The Hall–Kier alpha value is -4.14. The Morgan fingerprint density at radius 3 is 2.45 bits per heavy atom. The highest BCUT2D eigenvalue weighted by molar-refractivity contribution is 7.25. The monoisotopic (exact) mass is 568 g/mol. The maximum atomic E-state index is 14.3. The zero-order valence-corrected chi connectivity index (χ0v) is 23.8. The van der Waals surface area contributed by atoms with Gasteiger partial charge in [0, 0.05) is 23.2 Å². The summed E-state index contributed by atoms with van der Waals surface area (Å²) in [5.41, 5.74) is 3.03. The fourth-order valence-electron chi connectivity index (χ4n) is 5.13. The number of hydrogen-bond acceptors (Lipinski definition) is 7. The van der Waals surface area contributed by atoms with Crippen molar-refractivity contribution in [3.05, 3.63) is 116 Å². The Labute approximate surface area is 239 Å². The fraction of sp³-hybridized carbons (Fsp3) is 0.188. The van der Waals surface area contributed by atoms with Crippen molar-refractivity contribution in [3.63, 3.8) is 0 Å². The molecular formula is C32H28N2O4S2. The Kier molecular flexibility index (Phi) is 7.28. The number of phenols is 1. The number of nitrogens with zero attached hydrogens (tertiary/aromatic N) is 2. The molecule has 3 aromatic carbocycles. The summed E-state index contributed by atoms with van der Waals surface area (Å²) in [6.45, 7) is 0.509. The molecule has 40 heavy (non-hydrogen) atoms. The van der Waals surface area contributed by atoms with Gasteiger partial charge in [-0.2, -0.15) is 0 Å². The van der Waals surface area contributed by atoms with Crippen LogP contribution in [-0.4, -0.2) is 28.9 Å². The molecule has 6 aromatic rings. The lowest BCUT2D eigenvalue weighted by Crippen LogP contribution is -2.26. The highest BCUT2D eigenvalue weighted by Crippen LogP contribution is 2.40. The van der Waals surface area contributed by atoms with Crippen LogP contribution in [0.4, 0.5) is 0 Å². The van der Waals surface area contributed by atoms with E-state index >= 15 is 0 Å². The van der Waals surface area contributed by atoms with Crippen molar-refractivity contribution in [1.82, 2.24) is 9.55 Å². The van der Waals surface area contributed by atoms with E-state index in [2.05, 4.69) is 23.6 Å². The van der Waals surface area contributed by atoms with Crippen molar-refractivity contribution < 1.29 is 14.6 Å². The van der Waals surface area contributed by atoms with Gasteiger partial charge in [-0.15, -0.1) is 22.7 Å². The van der Waals surface area contributed by atoms with Gasteiger partial charge in [0.15, 0.2) is 11.5 Å². The Morgan fingerprint density at radius 2 is 1.70 bits per heavy atom. The van der Waals surface area contributed by atoms with Gasteiger partial charge in [-0.05, 0) is 59.2 Å². The molecule has 0 atom stereocenters. The SMILES string of the molecule is COc1ccc(Cc2nc3sc4c(O)ccc(Cc5ccccc5)c4c3c(=O)n2CCc2cccs2)cc1OC. The van der Waals surface area contributed by atoms with Crippen LogP contribution in [0.25, 0.3) is 20.3 Å². The number of hydrogen-bond donors (Lipinski definition) is 1. The molecule has 1 N–H and O–H groups in total. The zero-order valence-electron chi connectivity index (χ0n) is 22.2. The predicted molar refractivity (Wildman–Crippen MR) is 163 cm³/mol. The quantitative estimate of drug-likeness (QED) is 0.207. The lowest BCUT2D eigenvalue weighted by Gasteiger charge is -2.14. The zero-order chi connectivity index (χ0) is 27.6. The summed E-state index contributed by atoms with van der Waals surface area (Å²) in [7, 11) is 3.22. The van der Waals surface area contributed by atoms with Crippen LogP contribution in [0, 0.1) is 0 Å². The van der Waals surface area contributed by atoms with E-state index in [1.54, 1.807) is 36.2 Å². The smallest absolute Gasteiger partial charge is 0.262 e. The molecule has 0 saturated heterocycles. The van der Waals surface area contributed by atoms with Crippen LogP contribution in [0.5, 0.6) is 17.2 Å². The van der Waals surface area contributed by atoms with Crippen molar-refractivity contribution in [2.75, 3.05) is 14.2 Å². The minimum Gasteiger partial charge on any atom is -0.506 e. The van der Waals surface area contributed by atoms with Crippen LogP contribution in [0.2, 0.25) is 0 Å². The molecule has 8 heteroatoms. The van der Waals surface area contributed by atoms with Gasteiger partial charge in [-0.25, -0.2) is 4.98 Å². The number of methoxy groups -OCH3 is 2. The van der Waals surface area contributed by atoms with Crippen LogP contribution in [0.3, 0.4) is 0 Å². The topological polar surface area (TPSA) is 73.6 Å². The van der Waals surface area contributed by atoms with E-state index in [1.807, 2.05) is 48.5 Å². The molecule has 0 fully saturated rings. The van der Waals surface area contributed by atoms with E-state index in [0.717, 1.165) is 28.5 Å². The number of aryl methyl sites for hydroxylation is 1. The number of aromatic hydroxyl groups is 1. The van der Waals surface area contributed by atoms with Crippen molar-refractivity contribution in [2.45, 2.75) is 25.8 Å². The average molecular weight is 569 g/mol. The molecule has 6 rings (SSSR count). The van der Waals surface area contributed by atoms with Gasteiger partial charge < -0.3 is 14.6 Å². The Bertz CT molecular complexity index is 1860. The number of ether oxygens (including phenoxy) is 2. The van der Waals surface area contributed by atoms with Gasteiger partial charge in [-0.1, -0.05) is 48.5 Å². The third kappa shape index (κ3) is 4.96. The maximum Gasteiger partial charge on any atom is 0.262 e. The van der Waals surface area contributed by atoms with Crippen LogP contribution in [0.15, 0.2) is 83.0 Å². The standard InChI is InChI=1S/C32H28N2O4S2/c1-37-25-13-10-21(18-26(25)38-2)19-27-33-31-29(32(36)34(27)15-14-23-9-6-16-39-23)28-22(11-12-24(35)30(28)40-31)17-20-7-4-3-5-8-20/h3-13,16,18,35H,14-15,17,19H2,1-2H3. The van der Waals surface area contributed by atoms with Crippen molar-refractivity contribution >= 4 is 43.0 Å². The number of rotatable bonds is 9. The van der Waals surface area contributed by atoms with Gasteiger partial charge in [0.25, 0.3) is 5.56 Å². The van der Waals surface area contributed by atoms with Gasteiger partial charge in [0.05, 0.1) is 24.3 Å². The summed E-state index contributed by atoms with van der Waals surface area (Å²) >= 11 is 3.06. The third-order valence-corrected chi connectivity index (χ3v) is 9.14. The number of aromatic nitrogens is 2. The first-order valence-electron chi connectivity index (χ1n) is 13.0. The molecule has 202 valence electrons. The van der Waals surface area contributed by atoms with Crippen LogP contribution < -0.4 is 15.0 Å². The molecule has 6 nitrogen and oxygen atoms in total. The summed E-state index contributed by atoms with van der Waals surface area (Å²) in [6.07, 6.45) is 1.84. The average Bonchev–Trinajstić information content (AvgIpc) is 3.64. The van der Waals surface area contributed by atoms with E-state index in [1.165, 1.54) is 16.2 Å². The van der Waals surface area contributed by atoms with Gasteiger partial charge in [-0.3, -0.25) is 9.36 Å². The van der Waals surface area contributed by atoms with Crippen LogP contribution in [-0.2, 0) is 25.8 Å². The summed E-state index contributed by atoms with van der Waals surface area (Å²) in [5, 5.41) is 14.2. The number of benzene rings is 3. The Morgan fingerprint density at radius 1 is 0.875 bits per heavy atom. The second-order valence-electron chi connectivity index (χ2n) is 9.57. The van der Waals surface area contributed by atoms with E-state index in [-0.39, 0.29) is 11.3 Å². The van der Waals surface area contributed by atoms with E-state index in [0.29, 0.717) is 51.6 Å². The lowest BCUT2D eigenvalue weighted by molar-refractivity contribution is 0.354.